The van der Waals surface area contributed by atoms with Gasteiger partial charge in [-0.05, 0) is 19.8 Å². The van der Waals surface area contributed by atoms with Gasteiger partial charge in [0.1, 0.15) is 6.54 Å². The maximum absolute atomic E-state index is 12.3. The van der Waals surface area contributed by atoms with E-state index in [9.17, 15) is 18.0 Å². The third kappa shape index (κ3) is 7.50. The molecule has 0 heterocycles. The Bertz CT molecular complexity index is 247. The highest BCUT2D eigenvalue weighted by atomic mass is 19.4. The van der Waals surface area contributed by atoms with E-state index >= 15 is 0 Å². The van der Waals surface area contributed by atoms with Gasteiger partial charge in [-0.3, -0.25) is 4.79 Å². The van der Waals surface area contributed by atoms with Gasteiger partial charge >= 0.3 is 6.18 Å². The minimum atomic E-state index is -4.41. The van der Waals surface area contributed by atoms with Gasteiger partial charge in [0.2, 0.25) is 5.91 Å². The fourth-order valence-corrected chi connectivity index (χ4v) is 1.39. The zero-order chi connectivity index (χ0) is 14.2. The van der Waals surface area contributed by atoms with Gasteiger partial charge in [0.15, 0.2) is 0 Å². The van der Waals surface area contributed by atoms with Gasteiger partial charge in [0, 0.05) is 19.8 Å². The molecule has 1 atom stereocenters. The van der Waals surface area contributed by atoms with Gasteiger partial charge in [0.25, 0.3) is 0 Å². The van der Waals surface area contributed by atoms with Crippen molar-refractivity contribution in [2.24, 2.45) is 5.73 Å². The molecule has 7 heteroatoms. The summed E-state index contributed by atoms with van der Waals surface area (Å²) < 4.78 is 42.1. The second kappa shape index (κ2) is 8.31. The van der Waals surface area contributed by atoms with Crippen molar-refractivity contribution in [1.29, 1.82) is 0 Å². The predicted molar refractivity (Wildman–Crippen MR) is 62.0 cm³/mol. The van der Waals surface area contributed by atoms with E-state index in [2.05, 4.69) is 0 Å². The molecule has 0 aliphatic rings. The van der Waals surface area contributed by atoms with Crippen molar-refractivity contribution in [1.82, 2.24) is 4.90 Å². The van der Waals surface area contributed by atoms with Gasteiger partial charge in [-0.1, -0.05) is 6.92 Å². The number of rotatable bonds is 8. The van der Waals surface area contributed by atoms with Crippen molar-refractivity contribution >= 4 is 5.91 Å². The molecule has 0 aliphatic carbocycles. The van der Waals surface area contributed by atoms with Gasteiger partial charge in [-0.2, -0.15) is 13.2 Å². The van der Waals surface area contributed by atoms with Crippen LogP contribution < -0.4 is 5.73 Å². The molecule has 0 aromatic heterocycles. The van der Waals surface area contributed by atoms with Crippen LogP contribution in [0.1, 0.15) is 26.7 Å². The summed E-state index contributed by atoms with van der Waals surface area (Å²) in [6, 6.07) is -0.876. The Morgan fingerprint density at radius 3 is 2.44 bits per heavy atom. The molecule has 108 valence electrons. The van der Waals surface area contributed by atoms with E-state index in [1.54, 1.807) is 13.8 Å². The fourth-order valence-electron chi connectivity index (χ4n) is 1.39. The summed E-state index contributed by atoms with van der Waals surface area (Å²) in [7, 11) is 0. The zero-order valence-corrected chi connectivity index (χ0v) is 10.8. The summed E-state index contributed by atoms with van der Waals surface area (Å²) in [6.07, 6.45) is -3.72. The maximum atomic E-state index is 12.3. The van der Waals surface area contributed by atoms with Crippen molar-refractivity contribution in [3.8, 4) is 0 Å². The molecule has 2 N–H and O–H groups in total. The molecule has 0 unspecified atom stereocenters. The maximum Gasteiger partial charge on any atom is 0.406 e. The molecule has 0 aromatic rings. The minimum absolute atomic E-state index is 0.00600. The standard InChI is InChI=1S/C11H21F3N2O2/c1-3-9(15)10(17)16(8-11(12,13)14)6-5-7-18-4-2/h9H,3-8,15H2,1-2H3/t9-/m0/s1. The summed E-state index contributed by atoms with van der Waals surface area (Å²) in [5.41, 5.74) is 5.48. The summed E-state index contributed by atoms with van der Waals surface area (Å²) in [4.78, 5) is 12.4. The number of hydrogen-bond acceptors (Lipinski definition) is 3. The van der Waals surface area contributed by atoms with Crippen LogP contribution in [0.4, 0.5) is 13.2 Å². The average molecular weight is 270 g/mol. The van der Waals surface area contributed by atoms with E-state index in [0.29, 0.717) is 26.1 Å². The van der Waals surface area contributed by atoms with E-state index in [4.69, 9.17) is 10.5 Å². The highest BCUT2D eigenvalue weighted by Gasteiger charge is 2.33. The topological polar surface area (TPSA) is 55.6 Å². The third-order valence-corrected chi connectivity index (χ3v) is 2.36. The smallest absolute Gasteiger partial charge is 0.382 e. The van der Waals surface area contributed by atoms with E-state index < -0.39 is 24.7 Å². The summed E-state index contributed by atoms with van der Waals surface area (Å²) in [5, 5.41) is 0. The largest absolute Gasteiger partial charge is 0.406 e. The van der Waals surface area contributed by atoms with Crippen LogP contribution in [-0.4, -0.2) is 49.3 Å². The predicted octanol–water partition coefficient (Wildman–Crippen LogP) is 1.54. The fraction of sp³-hybridized carbons (Fsp3) is 0.909. The molecular weight excluding hydrogens is 249 g/mol. The van der Waals surface area contributed by atoms with Gasteiger partial charge in [-0.25, -0.2) is 0 Å². The monoisotopic (exact) mass is 270 g/mol. The van der Waals surface area contributed by atoms with Crippen LogP contribution in [0.5, 0.6) is 0 Å². The van der Waals surface area contributed by atoms with Crippen molar-refractivity contribution in [2.45, 2.75) is 38.9 Å². The summed E-state index contributed by atoms with van der Waals surface area (Å²) in [6.45, 7) is 3.04. The molecule has 0 spiro atoms. The van der Waals surface area contributed by atoms with Crippen LogP contribution >= 0.6 is 0 Å². The van der Waals surface area contributed by atoms with E-state index in [0.717, 1.165) is 4.90 Å². The van der Waals surface area contributed by atoms with Crippen LogP contribution in [0.2, 0.25) is 0 Å². The molecule has 0 saturated carbocycles. The molecule has 0 saturated heterocycles. The number of ether oxygens (including phenoxy) is 1. The van der Waals surface area contributed by atoms with Crippen molar-refractivity contribution < 1.29 is 22.7 Å². The lowest BCUT2D eigenvalue weighted by Crippen LogP contribution is -2.47. The summed E-state index contributed by atoms with van der Waals surface area (Å²) in [5.74, 6) is -0.661. The van der Waals surface area contributed by atoms with E-state index in [1.165, 1.54) is 0 Å². The number of hydrogen-bond donors (Lipinski definition) is 1. The first-order chi connectivity index (χ1) is 8.31. The first-order valence-electron chi connectivity index (χ1n) is 6.00. The molecule has 0 aromatic carbocycles. The van der Waals surface area contributed by atoms with E-state index in [1.807, 2.05) is 0 Å². The van der Waals surface area contributed by atoms with Crippen molar-refractivity contribution in [2.75, 3.05) is 26.3 Å². The number of halogens is 3. The SMILES string of the molecule is CCOCCCN(CC(F)(F)F)C(=O)[C@@H](N)CC. The zero-order valence-electron chi connectivity index (χ0n) is 10.8. The highest BCUT2D eigenvalue weighted by molar-refractivity contribution is 5.81. The molecule has 0 fully saturated rings. The lowest BCUT2D eigenvalue weighted by molar-refractivity contribution is -0.162. The van der Waals surface area contributed by atoms with E-state index in [-0.39, 0.29) is 6.54 Å². The number of nitrogens with two attached hydrogens (primary N) is 1. The van der Waals surface area contributed by atoms with Crippen LogP contribution in [-0.2, 0) is 9.53 Å². The Labute approximate surface area is 105 Å². The molecule has 0 bridgehead atoms. The number of carbonyl (C=O) groups excluding carboxylic acids is 1. The molecule has 0 rings (SSSR count). The Hall–Kier alpha value is -0.820. The van der Waals surface area contributed by atoms with Crippen LogP contribution in [0.3, 0.4) is 0 Å². The Morgan fingerprint density at radius 2 is 2.00 bits per heavy atom. The van der Waals surface area contributed by atoms with Crippen LogP contribution in [0.15, 0.2) is 0 Å². The van der Waals surface area contributed by atoms with Crippen LogP contribution in [0, 0.1) is 0 Å². The molecular formula is C11H21F3N2O2. The second-order valence-corrected chi connectivity index (χ2v) is 3.94. The van der Waals surface area contributed by atoms with Crippen LogP contribution in [0.25, 0.3) is 0 Å². The lowest BCUT2D eigenvalue weighted by Gasteiger charge is -2.26. The molecule has 1 amide bonds. The van der Waals surface area contributed by atoms with Gasteiger partial charge in [0.05, 0.1) is 6.04 Å². The first kappa shape index (κ1) is 17.2. The number of alkyl halides is 3. The Morgan fingerprint density at radius 1 is 1.39 bits per heavy atom. The Balaban J connectivity index is 4.38. The molecule has 0 aliphatic heterocycles. The van der Waals surface area contributed by atoms with Gasteiger partial charge < -0.3 is 15.4 Å². The minimum Gasteiger partial charge on any atom is -0.382 e. The quantitative estimate of drug-likeness (QED) is 0.681. The number of nitrogens with zero attached hydrogens (tertiary/aromatic N) is 1. The highest BCUT2D eigenvalue weighted by Crippen LogP contribution is 2.17. The number of amides is 1. The Kier molecular flexibility index (Phi) is 7.93. The first-order valence-corrected chi connectivity index (χ1v) is 6.00. The van der Waals surface area contributed by atoms with Crippen molar-refractivity contribution in [3.63, 3.8) is 0 Å². The number of carbonyl (C=O) groups is 1. The lowest BCUT2D eigenvalue weighted by atomic mass is 10.2. The van der Waals surface area contributed by atoms with Crippen molar-refractivity contribution in [3.05, 3.63) is 0 Å². The summed E-state index contributed by atoms with van der Waals surface area (Å²) >= 11 is 0. The second-order valence-electron chi connectivity index (χ2n) is 3.94. The molecule has 0 radical (unpaired) electrons. The molecule has 18 heavy (non-hydrogen) atoms. The average Bonchev–Trinajstić information content (AvgIpc) is 2.29. The third-order valence-electron chi connectivity index (χ3n) is 2.36. The van der Waals surface area contributed by atoms with Gasteiger partial charge in [-0.15, -0.1) is 0 Å². The normalized spacial score (nSPS) is 13.4. The molecule has 4 nitrogen and oxygen atoms in total.